The highest BCUT2D eigenvalue weighted by atomic mass is 16.3. The van der Waals surface area contributed by atoms with Crippen molar-refractivity contribution in [1.82, 2.24) is 0 Å². The first-order valence-corrected chi connectivity index (χ1v) is 8.33. The van der Waals surface area contributed by atoms with Crippen molar-refractivity contribution in [3.05, 3.63) is 34.9 Å². The van der Waals surface area contributed by atoms with E-state index in [4.69, 9.17) is 0 Å². The topological polar surface area (TPSA) is 60.7 Å². The Kier molecular flexibility index (Phi) is 3.48. The van der Waals surface area contributed by atoms with Crippen LogP contribution in [0, 0.1) is 5.92 Å². The van der Waals surface area contributed by atoms with Gasteiger partial charge in [-0.2, -0.15) is 0 Å². The van der Waals surface area contributed by atoms with Gasteiger partial charge in [-0.15, -0.1) is 0 Å². The fourth-order valence-corrected chi connectivity index (χ4v) is 4.77. The normalized spacial score (nSPS) is 38.3. The zero-order valence-electron chi connectivity index (χ0n) is 14.1. The van der Waals surface area contributed by atoms with E-state index >= 15 is 0 Å². The molecule has 1 saturated carbocycles. The molecule has 1 aromatic carbocycles. The summed E-state index contributed by atoms with van der Waals surface area (Å²) in [5.74, 6) is 0.0734. The molecule has 2 aliphatic rings. The Balaban J connectivity index is 2.13. The lowest BCUT2D eigenvalue weighted by Gasteiger charge is -2.54. The molecular formula is C19H28O3. The van der Waals surface area contributed by atoms with Gasteiger partial charge in [0.05, 0.1) is 17.3 Å². The minimum Gasteiger partial charge on any atom is -0.390 e. The van der Waals surface area contributed by atoms with Gasteiger partial charge in [0, 0.05) is 0 Å². The van der Waals surface area contributed by atoms with Gasteiger partial charge in [0.1, 0.15) is 0 Å². The number of aliphatic hydroxyl groups excluding tert-OH is 1. The molecule has 122 valence electrons. The first-order valence-electron chi connectivity index (χ1n) is 8.33. The molecule has 0 unspecified atom stereocenters. The van der Waals surface area contributed by atoms with E-state index in [0.717, 1.165) is 36.0 Å². The van der Waals surface area contributed by atoms with Crippen molar-refractivity contribution in [1.29, 1.82) is 0 Å². The lowest BCUT2D eigenvalue weighted by atomic mass is 9.53. The minimum absolute atomic E-state index is 0.0734. The van der Waals surface area contributed by atoms with E-state index in [1.54, 1.807) is 13.8 Å². The van der Waals surface area contributed by atoms with Crippen LogP contribution in [0.4, 0.5) is 0 Å². The second-order valence-corrected chi connectivity index (χ2v) is 8.29. The third-order valence-electron chi connectivity index (χ3n) is 6.09. The molecule has 1 fully saturated rings. The first kappa shape index (κ1) is 16.0. The summed E-state index contributed by atoms with van der Waals surface area (Å²) < 4.78 is 0. The van der Waals surface area contributed by atoms with Crippen molar-refractivity contribution >= 4 is 0 Å². The van der Waals surface area contributed by atoms with E-state index in [1.165, 1.54) is 0 Å². The largest absolute Gasteiger partial charge is 0.390 e. The average molecular weight is 304 g/mol. The highest BCUT2D eigenvalue weighted by molar-refractivity contribution is 5.44. The monoisotopic (exact) mass is 304 g/mol. The molecule has 0 bridgehead atoms. The lowest BCUT2D eigenvalue weighted by molar-refractivity contribution is -0.0932. The Hall–Kier alpha value is -0.900. The number of hydrogen-bond donors (Lipinski definition) is 3. The zero-order chi connectivity index (χ0) is 16.3. The van der Waals surface area contributed by atoms with Crippen LogP contribution in [0.15, 0.2) is 18.2 Å². The second kappa shape index (κ2) is 4.80. The van der Waals surface area contributed by atoms with Crippen LogP contribution >= 0.6 is 0 Å². The summed E-state index contributed by atoms with van der Waals surface area (Å²) >= 11 is 0. The standard InChI is InChI=1S/C19H28O3/c1-17(2,21)12-6-7-14-13(10-12)15(20)11-16-18(14,3)8-5-9-19(16,4)22/h6-7,10,15-16,20-22H,5,8-9,11H2,1-4H3/t15-,16+,18+,19+/m0/s1. The van der Waals surface area contributed by atoms with E-state index in [9.17, 15) is 15.3 Å². The molecule has 1 aromatic rings. The minimum atomic E-state index is -0.912. The fraction of sp³-hybridized carbons (Fsp3) is 0.684. The molecule has 3 N–H and O–H groups in total. The van der Waals surface area contributed by atoms with Gasteiger partial charge < -0.3 is 15.3 Å². The highest BCUT2D eigenvalue weighted by Gasteiger charge is 2.53. The van der Waals surface area contributed by atoms with E-state index in [-0.39, 0.29) is 11.3 Å². The van der Waals surface area contributed by atoms with Gasteiger partial charge in [0.25, 0.3) is 0 Å². The predicted octanol–water partition coefficient (Wildman–Crippen LogP) is 3.16. The Morgan fingerprint density at radius 1 is 1.18 bits per heavy atom. The molecule has 3 nitrogen and oxygen atoms in total. The molecule has 0 saturated heterocycles. The summed E-state index contributed by atoms with van der Waals surface area (Å²) in [6.07, 6.45) is 2.86. The summed E-state index contributed by atoms with van der Waals surface area (Å²) in [6, 6.07) is 5.96. The van der Waals surface area contributed by atoms with Crippen LogP contribution in [-0.2, 0) is 11.0 Å². The van der Waals surface area contributed by atoms with Crippen molar-refractivity contribution in [2.45, 2.75) is 76.1 Å². The number of rotatable bonds is 1. The Morgan fingerprint density at radius 3 is 2.50 bits per heavy atom. The number of fused-ring (bicyclic) bond motifs is 3. The third-order valence-corrected chi connectivity index (χ3v) is 6.09. The molecule has 0 aromatic heterocycles. The van der Waals surface area contributed by atoms with Crippen LogP contribution in [-0.4, -0.2) is 20.9 Å². The summed E-state index contributed by atoms with van der Waals surface area (Å²) in [5.41, 5.74) is 1.16. The second-order valence-electron chi connectivity index (χ2n) is 8.29. The SMILES string of the molecule is CC(C)(O)c1ccc2c(c1)[C@@H](O)C[C@H]1[C@](C)(O)CCC[C@]21C. The number of hydrogen-bond acceptors (Lipinski definition) is 3. The van der Waals surface area contributed by atoms with Crippen molar-refractivity contribution < 1.29 is 15.3 Å². The van der Waals surface area contributed by atoms with E-state index in [0.29, 0.717) is 6.42 Å². The van der Waals surface area contributed by atoms with E-state index in [2.05, 4.69) is 13.0 Å². The Labute approximate surface area is 133 Å². The van der Waals surface area contributed by atoms with Crippen molar-refractivity contribution in [2.24, 2.45) is 5.92 Å². The summed E-state index contributed by atoms with van der Waals surface area (Å²) in [4.78, 5) is 0. The molecule has 3 heteroatoms. The molecule has 4 atom stereocenters. The Bertz CT molecular complexity index is 585. The summed E-state index contributed by atoms with van der Waals surface area (Å²) in [6.45, 7) is 7.66. The van der Waals surface area contributed by atoms with E-state index < -0.39 is 17.3 Å². The van der Waals surface area contributed by atoms with Crippen LogP contribution in [0.2, 0.25) is 0 Å². The van der Waals surface area contributed by atoms with Gasteiger partial charge in [-0.1, -0.05) is 25.1 Å². The zero-order valence-corrected chi connectivity index (χ0v) is 14.1. The number of aliphatic hydroxyl groups is 3. The average Bonchev–Trinajstić information content (AvgIpc) is 2.40. The third kappa shape index (κ3) is 2.31. The van der Waals surface area contributed by atoms with Crippen molar-refractivity contribution in [3.8, 4) is 0 Å². The van der Waals surface area contributed by atoms with Crippen molar-refractivity contribution in [2.75, 3.05) is 0 Å². The smallest absolute Gasteiger partial charge is 0.0840 e. The molecular weight excluding hydrogens is 276 g/mol. The van der Waals surface area contributed by atoms with Gasteiger partial charge in [-0.25, -0.2) is 0 Å². The van der Waals surface area contributed by atoms with Crippen LogP contribution < -0.4 is 0 Å². The fourth-order valence-electron chi connectivity index (χ4n) is 4.77. The maximum atomic E-state index is 10.8. The molecule has 0 heterocycles. The van der Waals surface area contributed by atoms with Crippen molar-refractivity contribution in [3.63, 3.8) is 0 Å². The maximum absolute atomic E-state index is 10.8. The maximum Gasteiger partial charge on any atom is 0.0840 e. The predicted molar refractivity (Wildman–Crippen MR) is 86.6 cm³/mol. The number of benzene rings is 1. The molecule has 0 radical (unpaired) electrons. The molecule has 0 aliphatic heterocycles. The molecule has 2 aliphatic carbocycles. The van der Waals surface area contributed by atoms with Crippen LogP contribution in [0.3, 0.4) is 0 Å². The van der Waals surface area contributed by atoms with E-state index in [1.807, 2.05) is 19.1 Å². The van der Waals surface area contributed by atoms with Gasteiger partial charge in [0.2, 0.25) is 0 Å². The molecule has 3 rings (SSSR count). The quantitative estimate of drug-likeness (QED) is 0.747. The van der Waals surface area contributed by atoms with Gasteiger partial charge in [-0.3, -0.25) is 0 Å². The Morgan fingerprint density at radius 2 is 1.86 bits per heavy atom. The van der Waals surface area contributed by atoms with Crippen LogP contribution in [0.5, 0.6) is 0 Å². The van der Waals surface area contributed by atoms with Gasteiger partial charge >= 0.3 is 0 Å². The van der Waals surface area contributed by atoms with Crippen LogP contribution in [0.25, 0.3) is 0 Å². The van der Waals surface area contributed by atoms with Gasteiger partial charge in [0.15, 0.2) is 0 Å². The first-order chi connectivity index (χ1) is 10.1. The summed E-state index contributed by atoms with van der Waals surface area (Å²) in [5, 5.41) is 31.7. The molecule has 22 heavy (non-hydrogen) atoms. The van der Waals surface area contributed by atoms with Gasteiger partial charge in [-0.05, 0) is 74.5 Å². The molecule has 0 amide bonds. The highest BCUT2D eigenvalue weighted by Crippen LogP contribution is 2.56. The molecule has 0 spiro atoms. The van der Waals surface area contributed by atoms with Crippen LogP contribution in [0.1, 0.15) is 76.2 Å². The lowest BCUT2D eigenvalue weighted by Crippen LogP contribution is -2.53. The summed E-state index contributed by atoms with van der Waals surface area (Å²) in [7, 11) is 0.